The minimum atomic E-state index is -0.221. The molecule has 2 aliphatic rings. The van der Waals surface area contributed by atoms with Crippen LogP contribution in [0.4, 0.5) is 5.82 Å². The van der Waals surface area contributed by atoms with Crippen LogP contribution in [0.15, 0.2) is 36.8 Å². The molecule has 2 aliphatic heterocycles. The third-order valence-corrected chi connectivity index (χ3v) is 6.30. The smallest absolute Gasteiger partial charge is 0.254 e. The lowest BCUT2D eigenvalue weighted by molar-refractivity contribution is -0.0224. The zero-order valence-electron chi connectivity index (χ0n) is 18.7. The highest BCUT2D eigenvalue weighted by Gasteiger charge is 2.25. The molecule has 2 fully saturated rings. The molecule has 4 heterocycles. The molecule has 1 amide bonds. The van der Waals surface area contributed by atoms with Crippen molar-refractivity contribution in [1.82, 2.24) is 19.9 Å². The van der Waals surface area contributed by atoms with Gasteiger partial charge in [0.05, 0.1) is 49.5 Å². The van der Waals surface area contributed by atoms with Gasteiger partial charge >= 0.3 is 0 Å². The van der Waals surface area contributed by atoms with Gasteiger partial charge < -0.3 is 29.8 Å². The predicted octanol–water partition coefficient (Wildman–Crippen LogP) is 1.61. The summed E-state index contributed by atoms with van der Waals surface area (Å²) in [5, 5.41) is 13.2. The summed E-state index contributed by atoms with van der Waals surface area (Å²) >= 11 is 0. The zero-order chi connectivity index (χ0) is 23.5. The number of hydrogen-bond donors (Lipinski definition) is 3. The number of anilines is 1. The second kappa shape index (κ2) is 9.88. The first-order valence-electron chi connectivity index (χ1n) is 11.5. The highest BCUT2D eigenvalue weighted by Crippen LogP contribution is 2.28. The van der Waals surface area contributed by atoms with Crippen molar-refractivity contribution in [1.29, 1.82) is 0 Å². The number of morpholine rings is 1. The molecular weight excluding hydrogens is 438 g/mol. The number of ketones is 1. The summed E-state index contributed by atoms with van der Waals surface area (Å²) in [5.74, 6) is 0.216. The number of aromatic nitrogens is 3. The van der Waals surface area contributed by atoms with Crippen LogP contribution in [0.5, 0.6) is 0 Å². The number of aromatic amines is 1. The van der Waals surface area contributed by atoms with Crippen LogP contribution in [-0.2, 0) is 9.47 Å². The number of aliphatic hydroxyl groups is 1. The van der Waals surface area contributed by atoms with Crippen LogP contribution < -0.4 is 5.32 Å². The third kappa shape index (κ3) is 4.52. The van der Waals surface area contributed by atoms with Gasteiger partial charge in [-0.05, 0) is 25.0 Å². The van der Waals surface area contributed by atoms with E-state index >= 15 is 0 Å². The number of rotatable bonds is 6. The number of carbonyl (C=O) groups excluding carboxylic acids is 2. The molecular formula is C24H27N5O5. The number of H-pyrrole nitrogens is 1. The number of amides is 1. The molecule has 0 unspecified atom stereocenters. The van der Waals surface area contributed by atoms with Gasteiger partial charge in [-0.25, -0.2) is 9.97 Å². The largest absolute Gasteiger partial charge is 0.394 e. The molecule has 0 bridgehead atoms. The van der Waals surface area contributed by atoms with E-state index in [0.717, 1.165) is 12.8 Å². The van der Waals surface area contributed by atoms with Crippen LogP contribution in [-0.4, -0.2) is 88.3 Å². The number of carbonyl (C=O) groups is 2. The Kier molecular flexibility index (Phi) is 6.52. The Labute approximate surface area is 196 Å². The fourth-order valence-corrected chi connectivity index (χ4v) is 4.41. The molecule has 2 aromatic heterocycles. The SMILES string of the molecule is O=C(c1cccc(C(=O)N2CCOCC2)c1)c1c[nH]c2ncnc(N[C@@H]3CC[C@@H](CO)OC3)c12. The summed E-state index contributed by atoms with van der Waals surface area (Å²) in [6.07, 6.45) is 4.49. The van der Waals surface area contributed by atoms with Gasteiger partial charge in [-0.15, -0.1) is 0 Å². The second-order valence-corrected chi connectivity index (χ2v) is 8.52. The number of benzene rings is 1. The average Bonchev–Trinajstić information content (AvgIpc) is 3.34. The zero-order valence-corrected chi connectivity index (χ0v) is 18.7. The van der Waals surface area contributed by atoms with Crippen LogP contribution in [0.1, 0.15) is 39.1 Å². The number of aliphatic hydroxyl groups excluding tert-OH is 1. The first-order valence-corrected chi connectivity index (χ1v) is 11.5. The van der Waals surface area contributed by atoms with Crippen molar-refractivity contribution in [2.45, 2.75) is 25.0 Å². The van der Waals surface area contributed by atoms with Gasteiger partial charge in [0, 0.05) is 30.4 Å². The first kappa shape index (κ1) is 22.5. The molecule has 10 nitrogen and oxygen atoms in total. The lowest BCUT2D eigenvalue weighted by atomic mass is 10.0. The summed E-state index contributed by atoms with van der Waals surface area (Å²) in [6.45, 7) is 2.56. The Morgan fingerprint density at radius 1 is 1.18 bits per heavy atom. The summed E-state index contributed by atoms with van der Waals surface area (Å²) in [4.78, 5) is 39.8. The van der Waals surface area contributed by atoms with Crippen molar-refractivity contribution >= 4 is 28.5 Å². The Hall–Kier alpha value is -3.34. The number of fused-ring (bicyclic) bond motifs is 1. The first-order chi connectivity index (χ1) is 16.6. The van der Waals surface area contributed by atoms with Crippen molar-refractivity contribution < 1.29 is 24.2 Å². The topological polar surface area (TPSA) is 130 Å². The molecule has 0 spiro atoms. The fourth-order valence-electron chi connectivity index (χ4n) is 4.41. The van der Waals surface area contributed by atoms with E-state index in [4.69, 9.17) is 9.47 Å². The Morgan fingerprint density at radius 2 is 2.00 bits per heavy atom. The van der Waals surface area contributed by atoms with Crippen LogP contribution in [0.25, 0.3) is 11.0 Å². The average molecular weight is 466 g/mol. The van der Waals surface area contributed by atoms with E-state index in [0.29, 0.717) is 66.5 Å². The molecule has 178 valence electrons. The Morgan fingerprint density at radius 3 is 2.76 bits per heavy atom. The van der Waals surface area contributed by atoms with Gasteiger partial charge in [0.1, 0.15) is 17.8 Å². The molecule has 5 rings (SSSR count). The van der Waals surface area contributed by atoms with Crippen molar-refractivity contribution in [3.8, 4) is 0 Å². The van der Waals surface area contributed by atoms with E-state index in [-0.39, 0.29) is 30.4 Å². The number of ether oxygens (including phenoxy) is 2. The monoisotopic (exact) mass is 465 g/mol. The molecule has 3 aromatic rings. The fraction of sp³-hybridized carbons (Fsp3) is 0.417. The Balaban J connectivity index is 1.40. The van der Waals surface area contributed by atoms with Gasteiger partial charge in [-0.3, -0.25) is 9.59 Å². The maximum Gasteiger partial charge on any atom is 0.254 e. The summed E-state index contributed by atoms with van der Waals surface area (Å²) in [5.41, 5.74) is 1.87. The molecule has 34 heavy (non-hydrogen) atoms. The number of nitrogens with one attached hydrogen (secondary N) is 2. The molecule has 1 aromatic carbocycles. The second-order valence-electron chi connectivity index (χ2n) is 8.52. The maximum atomic E-state index is 13.5. The lowest BCUT2D eigenvalue weighted by Gasteiger charge is -2.29. The van der Waals surface area contributed by atoms with Crippen molar-refractivity contribution in [3.05, 3.63) is 53.5 Å². The highest BCUT2D eigenvalue weighted by atomic mass is 16.5. The molecule has 0 radical (unpaired) electrons. The molecule has 0 aliphatic carbocycles. The normalized spacial score (nSPS) is 20.9. The van der Waals surface area contributed by atoms with Gasteiger partial charge in [0.2, 0.25) is 0 Å². The summed E-state index contributed by atoms with van der Waals surface area (Å²) in [6, 6.07) is 6.80. The quantitative estimate of drug-likeness (QED) is 0.468. The molecule has 2 saturated heterocycles. The maximum absolute atomic E-state index is 13.5. The van der Waals surface area contributed by atoms with E-state index in [9.17, 15) is 14.7 Å². The molecule has 0 saturated carbocycles. The molecule has 2 atom stereocenters. The molecule has 3 N–H and O–H groups in total. The number of hydrogen-bond acceptors (Lipinski definition) is 8. The highest BCUT2D eigenvalue weighted by molar-refractivity contribution is 6.18. The van der Waals surface area contributed by atoms with Crippen molar-refractivity contribution in [2.75, 3.05) is 44.8 Å². The van der Waals surface area contributed by atoms with E-state index < -0.39 is 0 Å². The van der Waals surface area contributed by atoms with E-state index in [2.05, 4.69) is 20.3 Å². The number of nitrogens with zero attached hydrogens (tertiary/aromatic N) is 3. The minimum Gasteiger partial charge on any atom is -0.394 e. The van der Waals surface area contributed by atoms with Crippen molar-refractivity contribution in [3.63, 3.8) is 0 Å². The third-order valence-electron chi connectivity index (χ3n) is 6.30. The minimum absolute atomic E-state index is 0.00761. The Bertz CT molecular complexity index is 1180. The van der Waals surface area contributed by atoms with Crippen LogP contribution in [0, 0.1) is 0 Å². The van der Waals surface area contributed by atoms with Gasteiger partial charge in [-0.2, -0.15) is 0 Å². The van der Waals surface area contributed by atoms with Crippen LogP contribution >= 0.6 is 0 Å². The summed E-state index contributed by atoms with van der Waals surface area (Å²) in [7, 11) is 0. The van der Waals surface area contributed by atoms with Gasteiger partial charge in [0.15, 0.2) is 5.78 Å². The van der Waals surface area contributed by atoms with Crippen LogP contribution in [0.2, 0.25) is 0 Å². The van der Waals surface area contributed by atoms with E-state index in [1.165, 1.54) is 6.33 Å². The van der Waals surface area contributed by atoms with E-state index in [1.54, 1.807) is 35.4 Å². The van der Waals surface area contributed by atoms with Gasteiger partial charge in [-0.1, -0.05) is 12.1 Å². The lowest BCUT2D eigenvalue weighted by Crippen LogP contribution is -2.40. The predicted molar refractivity (Wildman–Crippen MR) is 124 cm³/mol. The molecule has 10 heteroatoms. The standard InChI is InChI=1S/C24H27N5O5/c30-12-18-5-4-17(13-34-18)28-23-20-19(11-25-22(20)26-14-27-23)21(31)15-2-1-3-16(10-15)24(32)29-6-8-33-9-7-29/h1-3,10-11,14,17-18,30H,4-9,12-13H2,(H2,25,26,27,28)/t17-,18+/m1/s1. The van der Waals surface area contributed by atoms with Crippen LogP contribution in [0.3, 0.4) is 0 Å². The summed E-state index contributed by atoms with van der Waals surface area (Å²) < 4.78 is 11.0. The van der Waals surface area contributed by atoms with Gasteiger partial charge in [0.25, 0.3) is 5.91 Å². The van der Waals surface area contributed by atoms with Crippen molar-refractivity contribution in [2.24, 2.45) is 0 Å². The van der Waals surface area contributed by atoms with E-state index in [1.807, 2.05) is 0 Å².